The number of aliphatic imine (C=N–C) groups is 1. The normalized spacial score (nSPS) is 14.0. The lowest BCUT2D eigenvalue weighted by molar-refractivity contribution is -0.118. The third kappa shape index (κ3) is 3.75. The van der Waals surface area contributed by atoms with E-state index >= 15 is 0 Å². The van der Waals surface area contributed by atoms with Gasteiger partial charge in [0.2, 0.25) is 5.91 Å². The molecule has 0 unspecified atom stereocenters. The van der Waals surface area contributed by atoms with Gasteiger partial charge in [0.1, 0.15) is 0 Å². The lowest BCUT2D eigenvalue weighted by atomic mass is 9.97. The summed E-state index contributed by atoms with van der Waals surface area (Å²) in [4.78, 5) is 15.8. The molecule has 0 saturated heterocycles. The van der Waals surface area contributed by atoms with Crippen molar-refractivity contribution < 1.29 is 4.79 Å². The molecular formula is C20H20N2O. The Bertz CT molecular complexity index is 746. The van der Waals surface area contributed by atoms with Crippen LogP contribution in [-0.4, -0.2) is 11.6 Å². The van der Waals surface area contributed by atoms with Crippen molar-refractivity contribution >= 4 is 22.9 Å². The van der Waals surface area contributed by atoms with E-state index in [2.05, 4.69) is 36.4 Å². The molecule has 23 heavy (non-hydrogen) atoms. The van der Waals surface area contributed by atoms with E-state index in [9.17, 15) is 4.79 Å². The maximum atomic E-state index is 10.9. The molecule has 0 spiro atoms. The van der Waals surface area contributed by atoms with Crippen molar-refractivity contribution in [1.82, 2.24) is 0 Å². The Labute approximate surface area is 136 Å². The van der Waals surface area contributed by atoms with Crippen LogP contribution in [0.15, 0.2) is 65.7 Å². The predicted octanol–water partition coefficient (Wildman–Crippen LogP) is 4.06. The number of allylic oxidation sites excluding steroid dienone is 1. The molecule has 1 aliphatic heterocycles. The first-order chi connectivity index (χ1) is 11.2. The number of amides is 1. The number of nitrogens with zero attached hydrogens (tertiary/aromatic N) is 1. The largest absolute Gasteiger partial charge is 0.370 e. The second-order valence-corrected chi connectivity index (χ2v) is 5.73. The number of hydrogen-bond acceptors (Lipinski definition) is 2. The van der Waals surface area contributed by atoms with Crippen LogP contribution in [0.3, 0.4) is 0 Å². The number of rotatable bonds is 6. The van der Waals surface area contributed by atoms with Gasteiger partial charge in [-0.2, -0.15) is 0 Å². The molecule has 0 aromatic heterocycles. The van der Waals surface area contributed by atoms with E-state index in [-0.39, 0.29) is 5.91 Å². The van der Waals surface area contributed by atoms with Gasteiger partial charge in [-0.3, -0.25) is 9.79 Å². The Hall–Kier alpha value is -2.68. The minimum atomic E-state index is -0.247. The Kier molecular flexibility index (Phi) is 4.67. The monoisotopic (exact) mass is 304 g/mol. The van der Waals surface area contributed by atoms with Gasteiger partial charge in [-0.15, -0.1) is 0 Å². The zero-order valence-corrected chi connectivity index (χ0v) is 13.0. The Morgan fingerprint density at radius 1 is 0.957 bits per heavy atom. The lowest BCUT2D eigenvalue weighted by Gasteiger charge is -2.06. The average Bonchev–Trinajstić information content (AvgIpc) is 3.00. The summed E-state index contributed by atoms with van der Waals surface area (Å²) in [7, 11) is 0. The summed E-state index contributed by atoms with van der Waals surface area (Å²) in [6.07, 6.45) is 2.83. The molecule has 3 rings (SSSR count). The van der Waals surface area contributed by atoms with Crippen molar-refractivity contribution in [3.8, 4) is 0 Å². The molecular weight excluding hydrogens is 284 g/mol. The van der Waals surface area contributed by atoms with Crippen LogP contribution >= 0.6 is 0 Å². The molecule has 2 aromatic carbocycles. The van der Waals surface area contributed by atoms with Crippen LogP contribution in [0.4, 0.5) is 0 Å². The fourth-order valence-corrected chi connectivity index (χ4v) is 2.88. The third-order valence-electron chi connectivity index (χ3n) is 3.99. The number of carbonyl (C=O) groups excluding carboxylic acids is 1. The Balaban J connectivity index is 1.88. The molecule has 3 heteroatoms. The van der Waals surface area contributed by atoms with E-state index < -0.39 is 0 Å². The second-order valence-electron chi connectivity index (χ2n) is 5.73. The summed E-state index contributed by atoms with van der Waals surface area (Å²) in [6, 6.07) is 20.6. The molecule has 3 nitrogen and oxygen atoms in total. The summed E-state index contributed by atoms with van der Waals surface area (Å²) >= 11 is 0. The number of benzene rings is 2. The van der Waals surface area contributed by atoms with Crippen molar-refractivity contribution in [2.24, 2.45) is 10.7 Å². The maximum Gasteiger partial charge on any atom is 0.217 e. The van der Waals surface area contributed by atoms with Crippen LogP contribution < -0.4 is 5.73 Å². The van der Waals surface area contributed by atoms with Crippen molar-refractivity contribution in [2.45, 2.75) is 25.7 Å². The van der Waals surface area contributed by atoms with Crippen LogP contribution in [-0.2, 0) is 4.79 Å². The maximum absolute atomic E-state index is 10.9. The highest BCUT2D eigenvalue weighted by atomic mass is 16.1. The molecule has 1 heterocycles. The van der Waals surface area contributed by atoms with Gasteiger partial charge in [0.05, 0.1) is 5.70 Å². The molecule has 0 bridgehead atoms. The van der Waals surface area contributed by atoms with Gasteiger partial charge in [-0.25, -0.2) is 0 Å². The van der Waals surface area contributed by atoms with E-state index in [4.69, 9.17) is 10.7 Å². The van der Waals surface area contributed by atoms with E-state index in [1.165, 1.54) is 11.1 Å². The Morgan fingerprint density at radius 2 is 1.57 bits per heavy atom. The standard InChI is InChI=1S/C20H20N2O/c21-19(23)13-7-12-17-14-18(15-8-3-1-4-9-15)20(22-17)16-10-5-2-6-11-16/h1-6,8-11H,7,12-14H2,(H2,21,23). The highest BCUT2D eigenvalue weighted by molar-refractivity contribution is 6.10. The van der Waals surface area contributed by atoms with Gasteiger partial charge in [0, 0.05) is 24.1 Å². The van der Waals surface area contributed by atoms with Gasteiger partial charge < -0.3 is 5.73 Å². The smallest absolute Gasteiger partial charge is 0.217 e. The van der Waals surface area contributed by atoms with Crippen LogP contribution in [0.1, 0.15) is 36.8 Å². The summed E-state index contributed by atoms with van der Waals surface area (Å²) in [5.41, 5.74) is 11.0. The third-order valence-corrected chi connectivity index (χ3v) is 3.99. The number of nitrogens with two attached hydrogens (primary N) is 1. The number of carbonyl (C=O) groups is 1. The molecule has 116 valence electrons. The first-order valence-electron chi connectivity index (χ1n) is 7.93. The summed E-state index contributed by atoms with van der Waals surface area (Å²) in [6.45, 7) is 0. The SMILES string of the molecule is NC(=O)CCCC1=NC(c2ccccc2)=C(c2ccccc2)C1. The molecule has 0 radical (unpaired) electrons. The zero-order valence-electron chi connectivity index (χ0n) is 13.0. The molecule has 1 amide bonds. The van der Waals surface area contributed by atoms with Crippen LogP contribution in [0, 0.1) is 0 Å². The predicted molar refractivity (Wildman–Crippen MR) is 94.8 cm³/mol. The molecule has 0 aliphatic carbocycles. The molecule has 1 aliphatic rings. The topological polar surface area (TPSA) is 55.5 Å². The fourth-order valence-electron chi connectivity index (χ4n) is 2.88. The van der Waals surface area contributed by atoms with Gasteiger partial charge in [-0.1, -0.05) is 60.7 Å². The minimum absolute atomic E-state index is 0.247. The second kappa shape index (κ2) is 7.05. The van der Waals surface area contributed by atoms with Crippen LogP contribution in [0.2, 0.25) is 0 Å². The molecule has 0 atom stereocenters. The average molecular weight is 304 g/mol. The molecule has 2 aromatic rings. The lowest BCUT2D eigenvalue weighted by Crippen LogP contribution is -2.10. The summed E-state index contributed by atoms with van der Waals surface area (Å²) < 4.78 is 0. The number of primary amides is 1. The molecule has 2 N–H and O–H groups in total. The van der Waals surface area contributed by atoms with E-state index in [0.29, 0.717) is 6.42 Å². The van der Waals surface area contributed by atoms with Gasteiger partial charge >= 0.3 is 0 Å². The summed E-state index contributed by atoms with van der Waals surface area (Å²) in [5.74, 6) is -0.247. The number of hydrogen-bond donors (Lipinski definition) is 1. The van der Waals surface area contributed by atoms with Crippen LogP contribution in [0.25, 0.3) is 11.3 Å². The van der Waals surface area contributed by atoms with E-state index in [0.717, 1.165) is 36.2 Å². The van der Waals surface area contributed by atoms with Crippen molar-refractivity contribution in [3.63, 3.8) is 0 Å². The van der Waals surface area contributed by atoms with Gasteiger partial charge in [0.15, 0.2) is 0 Å². The molecule has 0 fully saturated rings. The van der Waals surface area contributed by atoms with Crippen molar-refractivity contribution in [1.29, 1.82) is 0 Å². The zero-order chi connectivity index (χ0) is 16.1. The first kappa shape index (κ1) is 15.2. The highest BCUT2D eigenvalue weighted by Gasteiger charge is 2.20. The van der Waals surface area contributed by atoms with Gasteiger partial charge in [0.25, 0.3) is 0 Å². The van der Waals surface area contributed by atoms with Crippen molar-refractivity contribution in [2.75, 3.05) is 0 Å². The summed E-state index contributed by atoms with van der Waals surface area (Å²) in [5, 5.41) is 0. The highest BCUT2D eigenvalue weighted by Crippen LogP contribution is 2.36. The quantitative estimate of drug-likeness (QED) is 0.859. The molecule has 0 saturated carbocycles. The Morgan fingerprint density at radius 3 is 2.17 bits per heavy atom. The van der Waals surface area contributed by atoms with E-state index in [1.54, 1.807) is 0 Å². The van der Waals surface area contributed by atoms with Crippen LogP contribution in [0.5, 0.6) is 0 Å². The van der Waals surface area contributed by atoms with Gasteiger partial charge in [-0.05, 0) is 24.0 Å². The fraction of sp³-hybridized carbons (Fsp3) is 0.200. The van der Waals surface area contributed by atoms with Crippen molar-refractivity contribution in [3.05, 3.63) is 71.8 Å². The van der Waals surface area contributed by atoms with E-state index in [1.807, 2.05) is 24.3 Å². The minimum Gasteiger partial charge on any atom is -0.370 e. The first-order valence-corrected chi connectivity index (χ1v) is 7.93.